The molecule has 0 fully saturated rings. The van der Waals surface area contributed by atoms with E-state index in [-0.39, 0.29) is 0 Å². The summed E-state index contributed by atoms with van der Waals surface area (Å²) in [4.78, 5) is 10.3. The fourth-order valence-electron chi connectivity index (χ4n) is 2.70. The van der Waals surface area contributed by atoms with Crippen LogP contribution in [0.4, 0.5) is 0 Å². The summed E-state index contributed by atoms with van der Waals surface area (Å²) < 4.78 is 0. The van der Waals surface area contributed by atoms with Crippen molar-refractivity contribution < 1.29 is 9.90 Å². The zero-order valence-electron chi connectivity index (χ0n) is 13.9. The van der Waals surface area contributed by atoms with Crippen LogP contribution in [0.2, 0.25) is 6.04 Å². The maximum Gasteiger partial charge on any atom is 0.303 e. The third-order valence-corrected chi connectivity index (χ3v) is 4.42. The molecule has 21 heavy (non-hydrogen) atoms. The lowest BCUT2D eigenvalue weighted by molar-refractivity contribution is -0.137. The third kappa shape index (κ3) is 19.7. The minimum absolute atomic E-state index is 0.343. The summed E-state index contributed by atoms with van der Waals surface area (Å²) in [6, 6.07) is 1.15. The van der Waals surface area contributed by atoms with Crippen LogP contribution in [-0.2, 0) is 4.79 Å². The lowest BCUT2D eigenvalue weighted by Gasteiger charge is -2.03. The topological polar surface area (TPSA) is 37.3 Å². The highest BCUT2D eigenvalue weighted by atomic mass is 28.1. The van der Waals surface area contributed by atoms with E-state index in [0.717, 1.165) is 18.9 Å². The van der Waals surface area contributed by atoms with Gasteiger partial charge >= 0.3 is 5.97 Å². The van der Waals surface area contributed by atoms with Gasteiger partial charge in [-0.05, 0) is 6.42 Å². The smallest absolute Gasteiger partial charge is 0.303 e. The molecule has 0 saturated carbocycles. The fourth-order valence-corrected chi connectivity index (χ4v) is 2.95. The zero-order valence-corrected chi connectivity index (χ0v) is 14.9. The van der Waals surface area contributed by atoms with E-state index in [2.05, 4.69) is 10.2 Å². The lowest BCUT2D eigenvalue weighted by atomic mass is 10.0. The van der Waals surface area contributed by atoms with Gasteiger partial charge in [-0.25, -0.2) is 0 Å². The Kier molecular flexibility index (Phi) is 17.5. The van der Waals surface area contributed by atoms with Crippen LogP contribution in [0.3, 0.4) is 0 Å². The van der Waals surface area contributed by atoms with Gasteiger partial charge in [0.15, 0.2) is 0 Å². The summed E-state index contributed by atoms with van der Waals surface area (Å²) in [6.07, 6.45) is 20.1. The SMILES string of the molecule is O=C(O)CCCCCCCCCCCCCCCCC[Si]. The Morgan fingerprint density at radius 1 is 0.571 bits per heavy atom. The van der Waals surface area contributed by atoms with E-state index in [1.807, 2.05) is 0 Å². The number of hydrogen-bond donors (Lipinski definition) is 1. The number of carboxylic acids is 1. The van der Waals surface area contributed by atoms with Crippen LogP contribution in [0.1, 0.15) is 103 Å². The van der Waals surface area contributed by atoms with Crippen LogP contribution in [0.25, 0.3) is 0 Å². The van der Waals surface area contributed by atoms with Crippen LogP contribution in [0, 0.1) is 0 Å². The number of carboxylic acid groups (broad SMARTS) is 1. The van der Waals surface area contributed by atoms with Crippen molar-refractivity contribution in [2.75, 3.05) is 0 Å². The highest BCUT2D eigenvalue weighted by molar-refractivity contribution is 6.08. The van der Waals surface area contributed by atoms with Crippen molar-refractivity contribution in [2.24, 2.45) is 0 Å². The van der Waals surface area contributed by atoms with Crippen LogP contribution >= 0.6 is 0 Å². The molecule has 0 aromatic carbocycles. The standard InChI is InChI=1S/C18H35O2Si/c19-18(20)16-14-12-10-8-6-4-2-1-3-5-7-9-11-13-15-17-21/h1-17H2,(H,19,20). The van der Waals surface area contributed by atoms with Gasteiger partial charge in [0.1, 0.15) is 0 Å². The Bertz CT molecular complexity index is 219. The van der Waals surface area contributed by atoms with Crippen LogP contribution in [-0.4, -0.2) is 21.3 Å². The molecule has 0 atom stereocenters. The van der Waals surface area contributed by atoms with Gasteiger partial charge in [-0.2, -0.15) is 0 Å². The fraction of sp³-hybridized carbons (Fsp3) is 0.944. The maximum absolute atomic E-state index is 10.3. The molecule has 0 saturated heterocycles. The number of unbranched alkanes of at least 4 members (excludes halogenated alkanes) is 14. The highest BCUT2D eigenvalue weighted by Gasteiger charge is 1.97. The molecule has 0 amide bonds. The molecule has 0 aliphatic heterocycles. The van der Waals surface area contributed by atoms with E-state index in [9.17, 15) is 4.79 Å². The zero-order chi connectivity index (χ0) is 15.6. The summed E-state index contributed by atoms with van der Waals surface area (Å²) in [5, 5.41) is 8.53. The number of rotatable bonds is 17. The highest BCUT2D eigenvalue weighted by Crippen LogP contribution is 2.13. The summed E-state index contributed by atoms with van der Waals surface area (Å²) in [6.45, 7) is 0. The average molecular weight is 312 g/mol. The van der Waals surface area contributed by atoms with Crippen molar-refractivity contribution in [3.05, 3.63) is 0 Å². The first-order valence-corrected chi connectivity index (χ1v) is 9.84. The number of aliphatic carboxylic acids is 1. The van der Waals surface area contributed by atoms with E-state index in [1.165, 1.54) is 83.5 Å². The first-order valence-electron chi connectivity index (χ1n) is 9.13. The molecule has 0 aliphatic carbocycles. The molecule has 0 spiro atoms. The van der Waals surface area contributed by atoms with E-state index < -0.39 is 5.97 Å². The van der Waals surface area contributed by atoms with Gasteiger partial charge in [0.25, 0.3) is 0 Å². The molecular weight excluding hydrogens is 276 g/mol. The van der Waals surface area contributed by atoms with E-state index in [0.29, 0.717) is 6.42 Å². The molecule has 0 bridgehead atoms. The van der Waals surface area contributed by atoms with Crippen LogP contribution in [0.15, 0.2) is 0 Å². The van der Waals surface area contributed by atoms with Crippen molar-refractivity contribution in [1.82, 2.24) is 0 Å². The van der Waals surface area contributed by atoms with Crippen molar-refractivity contribution in [1.29, 1.82) is 0 Å². The summed E-state index contributed by atoms with van der Waals surface area (Å²) in [7, 11) is 3.52. The average Bonchev–Trinajstić information content (AvgIpc) is 2.46. The largest absolute Gasteiger partial charge is 0.481 e. The van der Waals surface area contributed by atoms with Crippen LogP contribution < -0.4 is 0 Å². The lowest BCUT2D eigenvalue weighted by Crippen LogP contribution is -1.93. The van der Waals surface area contributed by atoms with Gasteiger partial charge in [-0.3, -0.25) is 4.79 Å². The normalized spacial score (nSPS) is 10.9. The van der Waals surface area contributed by atoms with E-state index >= 15 is 0 Å². The second kappa shape index (κ2) is 17.7. The maximum atomic E-state index is 10.3. The Balaban J connectivity index is 2.95. The number of hydrogen-bond acceptors (Lipinski definition) is 1. The molecule has 3 heteroatoms. The molecule has 3 radical (unpaired) electrons. The van der Waals surface area contributed by atoms with Crippen molar-refractivity contribution in [3.63, 3.8) is 0 Å². The van der Waals surface area contributed by atoms with Gasteiger partial charge in [0, 0.05) is 16.7 Å². The predicted octanol–water partition coefficient (Wildman–Crippen LogP) is 5.90. The van der Waals surface area contributed by atoms with Gasteiger partial charge in [0.05, 0.1) is 0 Å². The molecule has 0 aliphatic rings. The van der Waals surface area contributed by atoms with Gasteiger partial charge in [-0.1, -0.05) is 95.9 Å². The summed E-state index contributed by atoms with van der Waals surface area (Å²) in [5.41, 5.74) is 0. The van der Waals surface area contributed by atoms with Gasteiger partial charge < -0.3 is 5.11 Å². The molecule has 0 heterocycles. The predicted molar refractivity (Wildman–Crippen MR) is 92.1 cm³/mol. The summed E-state index contributed by atoms with van der Waals surface area (Å²) >= 11 is 0. The molecule has 2 nitrogen and oxygen atoms in total. The Morgan fingerprint density at radius 3 is 1.14 bits per heavy atom. The molecular formula is C18H35O2Si. The third-order valence-electron chi connectivity index (χ3n) is 4.07. The number of carbonyl (C=O) groups is 1. The van der Waals surface area contributed by atoms with Gasteiger partial charge in [0.2, 0.25) is 0 Å². The van der Waals surface area contributed by atoms with E-state index in [4.69, 9.17) is 5.11 Å². The Morgan fingerprint density at radius 2 is 0.857 bits per heavy atom. The Labute approximate surface area is 135 Å². The monoisotopic (exact) mass is 311 g/mol. The van der Waals surface area contributed by atoms with Gasteiger partial charge in [-0.15, -0.1) is 0 Å². The first-order chi connectivity index (χ1) is 10.3. The summed E-state index contributed by atoms with van der Waals surface area (Å²) in [5.74, 6) is -0.655. The second-order valence-electron chi connectivity index (χ2n) is 6.20. The molecule has 0 aromatic heterocycles. The second-order valence-corrected chi connectivity index (χ2v) is 6.70. The van der Waals surface area contributed by atoms with E-state index in [1.54, 1.807) is 0 Å². The van der Waals surface area contributed by atoms with Crippen molar-refractivity contribution in [2.45, 2.75) is 109 Å². The molecule has 0 rings (SSSR count). The minimum Gasteiger partial charge on any atom is -0.481 e. The molecule has 0 aromatic rings. The molecule has 1 N–H and O–H groups in total. The van der Waals surface area contributed by atoms with Crippen molar-refractivity contribution in [3.8, 4) is 0 Å². The molecule has 0 unspecified atom stereocenters. The molecule has 123 valence electrons. The Hall–Kier alpha value is -0.313. The van der Waals surface area contributed by atoms with Crippen molar-refractivity contribution >= 4 is 16.2 Å². The first kappa shape index (κ1) is 20.7. The van der Waals surface area contributed by atoms with Crippen LogP contribution in [0.5, 0.6) is 0 Å². The minimum atomic E-state index is -0.655. The quantitative estimate of drug-likeness (QED) is 0.268.